The Morgan fingerprint density at radius 1 is 1.24 bits per heavy atom. The number of likely N-dealkylation sites (tertiary alicyclic amines) is 1. The summed E-state index contributed by atoms with van der Waals surface area (Å²) in [5, 5.41) is 14.1. The molecule has 0 unspecified atom stereocenters. The zero-order valence-electron chi connectivity index (χ0n) is 16.8. The van der Waals surface area contributed by atoms with Crippen molar-refractivity contribution in [2.45, 2.75) is 43.4 Å². The Labute approximate surface area is 171 Å². The molecule has 1 saturated carbocycles. The lowest BCUT2D eigenvalue weighted by atomic mass is 9.73. The maximum Gasteiger partial charge on any atom is 0.270 e. The number of sulfonamides is 1. The van der Waals surface area contributed by atoms with Crippen LogP contribution in [0.3, 0.4) is 0 Å². The van der Waals surface area contributed by atoms with Gasteiger partial charge in [-0.1, -0.05) is 25.3 Å². The topological polar surface area (TPSA) is 117 Å². The van der Waals surface area contributed by atoms with E-state index in [0.717, 1.165) is 25.1 Å². The van der Waals surface area contributed by atoms with Gasteiger partial charge in [0.15, 0.2) is 5.96 Å². The van der Waals surface area contributed by atoms with Crippen LogP contribution in [-0.4, -0.2) is 57.4 Å². The summed E-state index contributed by atoms with van der Waals surface area (Å²) >= 11 is 0. The largest absolute Gasteiger partial charge is 0.355 e. The monoisotopic (exact) mass is 423 g/mol. The lowest BCUT2D eigenvalue weighted by molar-refractivity contribution is -0.385. The van der Waals surface area contributed by atoms with E-state index in [9.17, 15) is 18.5 Å². The minimum absolute atomic E-state index is 0.116. The van der Waals surface area contributed by atoms with Gasteiger partial charge in [0.1, 0.15) is 0 Å². The van der Waals surface area contributed by atoms with Crippen LogP contribution in [0.25, 0.3) is 0 Å². The van der Waals surface area contributed by atoms with E-state index in [1.807, 2.05) is 0 Å². The van der Waals surface area contributed by atoms with Gasteiger partial charge in [-0.15, -0.1) is 0 Å². The number of guanidine groups is 1. The first-order valence-corrected chi connectivity index (χ1v) is 11.5. The summed E-state index contributed by atoms with van der Waals surface area (Å²) in [5.41, 5.74) is 0.163. The van der Waals surface area contributed by atoms with Crippen LogP contribution in [-0.2, 0) is 10.0 Å². The first-order chi connectivity index (χ1) is 13.9. The van der Waals surface area contributed by atoms with Gasteiger partial charge in [0.25, 0.3) is 5.69 Å². The molecule has 1 saturated heterocycles. The third-order valence-electron chi connectivity index (χ3n) is 5.90. The van der Waals surface area contributed by atoms with Crippen molar-refractivity contribution in [2.24, 2.45) is 10.4 Å². The van der Waals surface area contributed by atoms with Crippen molar-refractivity contribution in [3.8, 4) is 0 Å². The molecular weight excluding hydrogens is 394 g/mol. The van der Waals surface area contributed by atoms with Crippen molar-refractivity contribution in [2.75, 3.05) is 33.2 Å². The van der Waals surface area contributed by atoms with Crippen LogP contribution in [0.4, 0.5) is 5.69 Å². The highest BCUT2D eigenvalue weighted by molar-refractivity contribution is 7.89. The molecule has 1 aromatic carbocycles. The molecule has 1 aliphatic carbocycles. The van der Waals surface area contributed by atoms with Gasteiger partial charge in [0, 0.05) is 45.4 Å². The van der Waals surface area contributed by atoms with Crippen molar-refractivity contribution in [3.05, 3.63) is 34.4 Å². The van der Waals surface area contributed by atoms with Crippen LogP contribution >= 0.6 is 0 Å². The molecule has 2 N–H and O–H groups in total. The van der Waals surface area contributed by atoms with Gasteiger partial charge in [0.05, 0.1) is 9.82 Å². The molecule has 1 spiro atoms. The number of hydrogen-bond acceptors (Lipinski definition) is 5. The Balaban J connectivity index is 1.50. The van der Waals surface area contributed by atoms with Crippen LogP contribution in [0.5, 0.6) is 0 Å². The van der Waals surface area contributed by atoms with Crippen LogP contribution in [0.15, 0.2) is 34.2 Å². The minimum Gasteiger partial charge on any atom is -0.355 e. The Hall–Kier alpha value is -2.20. The lowest BCUT2D eigenvalue weighted by Crippen LogP contribution is -2.44. The third-order valence-corrected chi connectivity index (χ3v) is 7.36. The standard InChI is InChI=1S/C19H29N5O4S/c1-20-18(23-13-10-19(15-23)8-3-2-4-9-19)21-11-12-22-29(27,28)17-7-5-6-16(14-17)24(25)26/h5-7,14,22H,2-4,8-13,15H2,1H3,(H,20,21). The first kappa shape index (κ1) is 21.5. The first-order valence-electron chi connectivity index (χ1n) is 10.0. The van der Waals surface area contributed by atoms with Crippen LogP contribution in [0.2, 0.25) is 0 Å². The molecule has 3 rings (SSSR count). The summed E-state index contributed by atoms with van der Waals surface area (Å²) in [7, 11) is -2.07. The van der Waals surface area contributed by atoms with Crippen molar-refractivity contribution < 1.29 is 13.3 Å². The van der Waals surface area contributed by atoms with E-state index in [-0.39, 0.29) is 17.1 Å². The summed E-state index contributed by atoms with van der Waals surface area (Å²) in [4.78, 5) is 16.7. The fourth-order valence-corrected chi connectivity index (χ4v) is 5.44. The SMILES string of the molecule is CN=C(NCCNS(=O)(=O)c1cccc([N+](=O)[O-])c1)N1CCC2(CCCCC2)C1. The number of nitro benzene ring substituents is 1. The van der Waals surface area contributed by atoms with E-state index < -0.39 is 14.9 Å². The maximum absolute atomic E-state index is 12.4. The molecule has 160 valence electrons. The predicted molar refractivity (Wildman–Crippen MR) is 111 cm³/mol. The van der Waals surface area contributed by atoms with Crippen LogP contribution in [0.1, 0.15) is 38.5 Å². The smallest absolute Gasteiger partial charge is 0.270 e. The van der Waals surface area contributed by atoms with E-state index in [2.05, 4.69) is 19.9 Å². The van der Waals surface area contributed by atoms with E-state index in [1.54, 1.807) is 7.05 Å². The quantitative estimate of drug-likeness (QED) is 0.238. The number of nitro groups is 1. The molecule has 2 fully saturated rings. The summed E-state index contributed by atoms with van der Waals surface area (Å²) < 4.78 is 27.2. The van der Waals surface area contributed by atoms with Gasteiger partial charge in [-0.2, -0.15) is 0 Å². The highest BCUT2D eigenvalue weighted by Gasteiger charge is 2.39. The second kappa shape index (κ2) is 9.08. The van der Waals surface area contributed by atoms with Gasteiger partial charge >= 0.3 is 0 Å². The zero-order valence-corrected chi connectivity index (χ0v) is 17.6. The van der Waals surface area contributed by atoms with Gasteiger partial charge in [0.2, 0.25) is 10.0 Å². The van der Waals surface area contributed by atoms with Gasteiger partial charge in [-0.25, -0.2) is 13.1 Å². The van der Waals surface area contributed by atoms with Crippen molar-refractivity contribution in [1.82, 2.24) is 14.9 Å². The molecular formula is C19H29N5O4S. The number of nitrogens with zero attached hydrogens (tertiary/aromatic N) is 3. The molecule has 0 radical (unpaired) electrons. The Bertz CT molecular complexity index is 865. The second-order valence-corrected chi connectivity index (χ2v) is 9.63. The molecule has 0 atom stereocenters. The van der Waals surface area contributed by atoms with Gasteiger partial charge < -0.3 is 10.2 Å². The highest BCUT2D eigenvalue weighted by Crippen LogP contribution is 2.43. The predicted octanol–water partition coefficient (Wildman–Crippen LogP) is 2.10. The number of hydrogen-bond donors (Lipinski definition) is 2. The second-order valence-electron chi connectivity index (χ2n) is 7.86. The summed E-state index contributed by atoms with van der Waals surface area (Å²) in [6.07, 6.45) is 7.69. The van der Waals surface area contributed by atoms with E-state index in [0.29, 0.717) is 12.0 Å². The summed E-state index contributed by atoms with van der Waals surface area (Å²) in [6, 6.07) is 5.03. The van der Waals surface area contributed by atoms with Crippen molar-refractivity contribution in [3.63, 3.8) is 0 Å². The maximum atomic E-state index is 12.4. The molecule has 0 amide bonds. The number of non-ortho nitro benzene ring substituents is 1. The highest BCUT2D eigenvalue weighted by atomic mass is 32.2. The molecule has 2 aliphatic rings. The summed E-state index contributed by atoms with van der Waals surface area (Å²) in [5.74, 6) is 0.794. The molecule has 1 aromatic rings. The lowest BCUT2D eigenvalue weighted by Gasteiger charge is -2.33. The van der Waals surface area contributed by atoms with Gasteiger partial charge in [-0.05, 0) is 30.7 Å². The van der Waals surface area contributed by atoms with Crippen LogP contribution in [0, 0.1) is 15.5 Å². The average Bonchev–Trinajstić information content (AvgIpc) is 3.11. The molecule has 0 aromatic heterocycles. The molecule has 1 heterocycles. The van der Waals surface area contributed by atoms with Crippen molar-refractivity contribution in [1.29, 1.82) is 0 Å². The van der Waals surface area contributed by atoms with Gasteiger partial charge in [-0.3, -0.25) is 15.1 Å². The minimum atomic E-state index is -3.81. The Morgan fingerprint density at radius 2 is 2.00 bits per heavy atom. The number of aliphatic imine (C=N–C) groups is 1. The number of benzene rings is 1. The summed E-state index contributed by atoms with van der Waals surface area (Å²) in [6.45, 7) is 2.51. The zero-order chi connectivity index (χ0) is 20.9. The number of rotatable bonds is 6. The molecule has 10 heteroatoms. The molecule has 29 heavy (non-hydrogen) atoms. The van der Waals surface area contributed by atoms with E-state index in [1.165, 1.54) is 56.7 Å². The van der Waals surface area contributed by atoms with Crippen molar-refractivity contribution >= 4 is 21.7 Å². The average molecular weight is 424 g/mol. The normalized spacial score (nSPS) is 19.5. The van der Waals surface area contributed by atoms with E-state index >= 15 is 0 Å². The molecule has 1 aliphatic heterocycles. The van der Waals surface area contributed by atoms with Crippen LogP contribution < -0.4 is 10.0 Å². The molecule has 9 nitrogen and oxygen atoms in total. The van der Waals surface area contributed by atoms with E-state index in [4.69, 9.17) is 0 Å². The molecule has 0 bridgehead atoms. The Morgan fingerprint density at radius 3 is 2.69 bits per heavy atom. The third kappa shape index (κ3) is 5.24. The Kier molecular flexibility index (Phi) is 6.74. The number of nitrogens with one attached hydrogen (secondary N) is 2. The fraction of sp³-hybridized carbons (Fsp3) is 0.632. The fourth-order valence-electron chi connectivity index (χ4n) is 4.37.